The summed E-state index contributed by atoms with van der Waals surface area (Å²) < 4.78 is 80.5. The van der Waals surface area contributed by atoms with Gasteiger partial charge in [0.25, 0.3) is 0 Å². The maximum Gasteiger partial charge on any atom is 0.418 e. The van der Waals surface area contributed by atoms with Crippen LogP contribution >= 0.6 is 0 Å². The molecule has 3 N–H and O–H groups in total. The third-order valence-corrected chi connectivity index (χ3v) is 5.07. The molecule has 0 spiro atoms. The lowest BCUT2D eigenvalue weighted by Crippen LogP contribution is -2.55. The minimum atomic E-state index is -4.66. The molecule has 30 heavy (non-hydrogen) atoms. The number of piperidine rings is 1. The van der Waals surface area contributed by atoms with Crippen LogP contribution in [0.2, 0.25) is 0 Å². The first-order valence-electron chi connectivity index (χ1n) is 9.20. The molecule has 5 nitrogen and oxygen atoms in total. The van der Waals surface area contributed by atoms with Crippen molar-refractivity contribution in [2.24, 2.45) is 11.7 Å². The van der Waals surface area contributed by atoms with Gasteiger partial charge in [-0.25, -0.2) is 0 Å². The number of amides is 1. The average molecular weight is 434 g/mol. The van der Waals surface area contributed by atoms with Gasteiger partial charge in [0.2, 0.25) is 5.91 Å². The van der Waals surface area contributed by atoms with Crippen LogP contribution in [0, 0.1) is 5.92 Å². The van der Waals surface area contributed by atoms with Crippen LogP contribution in [0.3, 0.4) is 0 Å². The zero-order valence-electron chi connectivity index (χ0n) is 15.9. The Bertz CT molecular complexity index is 927. The summed E-state index contributed by atoms with van der Waals surface area (Å²) in [7, 11) is 0. The number of carbonyl (C=O) groups excluding carboxylic acids is 1. The van der Waals surface area contributed by atoms with Gasteiger partial charge in [-0.2, -0.15) is 26.3 Å². The molecule has 1 unspecified atom stereocenters. The number of hydrogen-bond donors (Lipinski definition) is 2. The predicted octanol–water partition coefficient (Wildman–Crippen LogP) is 3.47. The van der Waals surface area contributed by atoms with E-state index >= 15 is 0 Å². The van der Waals surface area contributed by atoms with Crippen LogP contribution in [0.4, 0.5) is 32.0 Å². The molecule has 11 heteroatoms. The van der Waals surface area contributed by atoms with Crippen LogP contribution in [0.5, 0.6) is 0 Å². The van der Waals surface area contributed by atoms with Crippen molar-refractivity contribution in [1.29, 1.82) is 0 Å². The van der Waals surface area contributed by atoms with Crippen molar-refractivity contribution in [2.45, 2.75) is 37.8 Å². The predicted molar refractivity (Wildman–Crippen MR) is 98.7 cm³/mol. The van der Waals surface area contributed by atoms with E-state index in [2.05, 4.69) is 10.3 Å². The minimum Gasteiger partial charge on any atom is -0.368 e. The summed E-state index contributed by atoms with van der Waals surface area (Å²) in [6.45, 7) is 0.968. The van der Waals surface area contributed by atoms with Crippen LogP contribution in [0.25, 0.3) is 10.9 Å². The number of hydrogen-bond acceptors (Lipinski definition) is 4. The van der Waals surface area contributed by atoms with E-state index < -0.39 is 48.4 Å². The van der Waals surface area contributed by atoms with Crippen molar-refractivity contribution in [2.75, 3.05) is 18.0 Å². The lowest BCUT2D eigenvalue weighted by Gasteiger charge is -2.40. The number of pyridine rings is 1. The monoisotopic (exact) mass is 434 g/mol. The number of rotatable bonds is 3. The first-order valence-corrected chi connectivity index (χ1v) is 9.20. The van der Waals surface area contributed by atoms with Crippen LogP contribution in [0.15, 0.2) is 30.5 Å². The van der Waals surface area contributed by atoms with Gasteiger partial charge < -0.3 is 16.0 Å². The summed E-state index contributed by atoms with van der Waals surface area (Å²) in [5.74, 6) is -2.36. The Morgan fingerprint density at radius 1 is 1.20 bits per heavy atom. The highest BCUT2D eigenvalue weighted by Gasteiger charge is 2.45. The first kappa shape index (κ1) is 22.1. The summed E-state index contributed by atoms with van der Waals surface area (Å²) in [6, 6.07) is 3.01. The van der Waals surface area contributed by atoms with E-state index in [0.717, 1.165) is 12.1 Å². The summed E-state index contributed by atoms with van der Waals surface area (Å²) in [6.07, 6.45) is -8.33. The Kier molecular flexibility index (Phi) is 5.85. The van der Waals surface area contributed by atoms with E-state index in [-0.39, 0.29) is 29.6 Å². The molecule has 0 bridgehead atoms. The van der Waals surface area contributed by atoms with Gasteiger partial charge in [-0.1, -0.05) is 0 Å². The fraction of sp³-hybridized carbons (Fsp3) is 0.474. The number of halogens is 6. The van der Waals surface area contributed by atoms with Gasteiger partial charge in [0, 0.05) is 36.4 Å². The molecule has 0 saturated carbocycles. The molecule has 2 aromatic rings. The molecule has 0 aliphatic carbocycles. The number of fused-ring (bicyclic) bond motifs is 1. The van der Waals surface area contributed by atoms with E-state index in [1.54, 1.807) is 0 Å². The molecule has 1 fully saturated rings. The lowest BCUT2D eigenvalue weighted by molar-refractivity contribution is -0.178. The Balaban J connectivity index is 2.02. The van der Waals surface area contributed by atoms with E-state index in [0.29, 0.717) is 0 Å². The summed E-state index contributed by atoms with van der Waals surface area (Å²) in [5.41, 5.74) is 4.38. The smallest absolute Gasteiger partial charge is 0.368 e. The highest BCUT2D eigenvalue weighted by Crippen LogP contribution is 2.40. The van der Waals surface area contributed by atoms with Crippen molar-refractivity contribution in [3.63, 3.8) is 0 Å². The zero-order chi connectivity index (χ0) is 22.3. The van der Waals surface area contributed by atoms with Crippen molar-refractivity contribution < 1.29 is 31.1 Å². The molecule has 1 aliphatic heterocycles. The zero-order valence-corrected chi connectivity index (χ0v) is 15.9. The second kappa shape index (κ2) is 7.93. The van der Waals surface area contributed by atoms with E-state index in [1.165, 1.54) is 30.2 Å². The Morgan fingerprint density at radius 2 is 1.90 bits per heavy atom. The van der Waals surface area contributed by atoms with Crippen molar-refractivity contribution in [3.8, 4) is 0 Å². The fourth-order valence-electron chi connectivity index (χ4n) is 3.63. The molecule has 1 aromatic heterocycles. The molecule has 164 valence electrons. The number of nitrogens with zero attached hydrogens (tertiary/aromatic N) is 2. The SMILES string of the molecule is CC(N)C(=O)N[C@@H]1C[C@H](C(F)(F)F)CN(c2ccc(C(F)(F)F)c3ncccc23)C1. The van der Waals surface area contributed by atoms with Crippen LogP contribution < -0.4 is 16.0 Å². The Hall–Kier alpha value is -2.56. The van der Waals surface area contributed by atoms with Gasteiger partial charge in [0.05, 0.1) is 23.0 Å². The Labute approximate surface area is 168 Å². The van der Waals surface area contributed by atoms with Gasteiger partial charge in [0.1, 0.15) is 0 Å². The summed E-state index contributed by atoms with van der Waals surface area (Å²) in [5, 5.41) is 2.59. The van der Waals surface area contributed by atoms with Crippen LogP contribution in [-0.4, -0.2) is 42.2 Å². The number of nitrogens with two attached hydrogens (primary N) is 1. The van der Waals surface area contributed by atoms with Gasteiger partial charge in [-0.15, -0.1) is 0 Å². The number of nitrogens with one attached hydrogen (secondary N) is 1. The number of carbonyl (C=O) groups is 1. The highest BCUT2D eigenvalue weighted by molar-refractivity contribution is 5.94. The maximum atomic E-state index is 13.5. The van der Waals surface area contributed by atoms with Crippen LogP contribution in [0.1, 0.15) is 18.9 Å². The van der Waals surface area contributed by atoms with E-state index in [9.17, 15) is 31.1 Å². The molecular weight excluding hydrogens is 414 g/mol. The number of anilines is 1. The van der Waals surface area contributed by atoms with Crippen molar-refractivity contribution in [1.82, 2.24) is 10.3 Å². The topological polar surface area (TPSA) is 71.2 Å². The van der Waals surface area contributed by atoms with Crippen LogP contribution in [-0.2, 0) is 11.0 Å². The number of benzene rings is 1. The second-order valence-corrected chi connectivity index (χ2v) is 7.40. The standard InChI is InChI=1S/C19H20F6N4O/c1-10(26)17(30)28-12-7-11(18(20,21)22)8-29(9-12)15-5-4-14(19(23,24)25)16-13(15)3-2-6-27-16/h2-6,10-12H,7-9,26H2,1H3,(H,28,30)/t10?,11-,12+/m0/s1. The molecule has 2 heterocycles. The van der Waals surface area contributed by atoms with Gasteiger partial charge in [-0.3, -0.25) is 9.78 Å². The fourth-order valence-corrected chi connectivity index (χ4v) is 3.63. The minimum absolute atomic E-state index is 0.000396. The molecule has 1 aliphatic rings. The normalized spacial score (nSPS) is 21.5. The maximum absolute atomic E-state index is 13.5. The van der Waals surface area contributed by atoms with Crippen molar-refractivity contribution >= 4 is 22.5 Å². The largest absolute Gasteiger partial charge is 0.418 e. The Morgan fingerprint density at radius 3 is 2.50 bits per heavy atom. The van der Waals surface area contributed by atoms with Crippen molar-refractivity contribution in [3.05, 3.63) is 36.0 Å². The molecule has 0 radical (unpaired) electrons. The third-order valence-electron chi connectivity index (χ3n) is 5.07. The highest BCUT2D eigenvalue weighted by atomic mass is 19.4. The molecule has 3 atom stereocenters. The molecule has 1 saturated heterocycles. The third kappa shape index (κ3) is 4.61. The average Bonchev–Trinajstić information content (AvgIpc) is 2.65. The molecular formula is C19H20F6N4O. The quantitative estimate of drug-likeness (QED) is 0.726. The van der Waals surface area contributed by atoms with Gasteiger partial charge in [-0.05, 0) is 37.6 Å². The number of aromatic nitrogens is 1. The van der Waals surface area contributed by atoms with E-state index in [4.69, 9.17) is 5.73 Å². The second-order valence-electron chi connectivity index (χ2n) is 7.40. The molecule has 1 amide bonds. The van der Waals surface area contributed by atoms with Gasteiger partial charge >= 0.3 is 12.4 Å². The summed E-state index contributed by atoms with van der Waals surface area (Å²) >= 11 is 0. The summed E-state index contributed by atoms with van der Waals surface area (Å²) in [4.78, 5) is 17.1. The lowest BCUT2D eigenvalue weighted by atomic mass is 9.92. The first-order chi connectivity index (χ1) is 13.9. The molecule has 3 rings (SSSR count). The van der Waals surface area contributed by atoms with Gasteiger partial charge in [0.15, 0.2) is 0 Å². The number of alkyl halides is 6. The van der Waals surface area contributed by atoms with E-state index in [1.807, 2.05) is 0 Å². The molecule has 1 aromatic carbocycles.